The molecular formula is C16H16FNO3. The highest BCUT2D eigenvalue weighted by Gasteiger charge is 2.11. The van der Waals surface area contributed by atoms with Crippen LogP contribution in [0.5, 0.6) is 11.5 Å². The molecule has 110 valence electrons. The van der Waals surface area contributed by atoms with Gasteiger partial charge in [0.15, 0.2) is 0 Å². The van der Waals surface area contributed by atoms with E-state index in [-0.39, 0.29) is 22.9 Å². The van der Waals surface area contributed by atoms with E-state index >= 15 is 0 Å². The van der Waals surface area contributed by atoms with E-state index in [2.05, 4.69) is 5.32 Å². The molecule has 1 amide bonds. The summed E-state index contributed by atoms with van der Waals surface area (Å²) in [6.07, 6.45) is 0.553. The third-order valence-electron chi connectivity index (χ3n) is 3.21. The Kier molecular flexibility index (Phi) is 4.42. The number of aryl methyl sites for hydroxylation is 1. The number of hydrogen-bond donors (Lipinski definition) is 3. The van der Waals surface area contributed by atoms with E-state index in [1.165, 1.54) is 30.3 Å². The fourth-order valence-electron chi connectivity index (χ4n) is 2.05. The molecule has 0 aliphatic carbocycles. The van der Waals surface area contributed by atoms with Crippen LogP contribution in [0.3, 0.4) is 0 Å². The van der Waals surface area contributed by atoms with Crippen molar-refractivity contribution in [2.24, 2.45) is 0 Å². The van der Waals surface area contributed by atoms with Crippen LogP contribution in [0.1, 0.15) is 21.5 Å². The van der Waals surface area contributed by atoms with Gasteiger partial charge in [-0.1, -0.05) is 6.07 Å². The van der Waals surface area contributed by atoms with Crippen LogP contribution in [0, 0.1) is 12.7 Å². The number of carbonyl (C=O) groups excluding carboxylic acids is 1. The molecule has 4 nitrogen and oxygen atoms in total. The fraction of sp³-hybridized carbons (Fsp3) is 0.188. The minimum atomic E-state index is -0.469. The quantitative estimate of drug-likeness (QED) is 0.757. The van der Waals surface area contributed by atoms with E-state index in [4.69, 9.17) is 0 Å². The Hall–Kier alpha value is -2.56. The van der Waals surface area contributed by atoms with Crippen molar-refractivity contribution < 1.29 is 19.4 Å². The monoisotopic (exact) mass is 289 g/mol. The molecule has 0 radical (unpaired) electrons. The van der Waals surface area contributed by atoms with E-state index in [0.29, 0.717) is 13.0 Å². The van der Waals surface area contributed by atoms with Crippen molar-refractivity contribution >= 4 is 5.91 Å². The van der Waals surface area contributed by atoms with E-state index in [1.54, 1.807) is 13.0 Å². The molecule has 0 aliphatic rings. The Labute approximate surface area is 121 Å². The van der Waals surface area contributed by atoms with Crippen LogP contribution in [0.2, 0.25) is 0 Å². The number of carbonyl (C=O) groups is 1. The van der Waals surface area contributed by atoms with Gasteiger partial charge in [-0.25, -0.2) is 4.39 Å². The summed E-state index contributed by atoms with van der Waals surface area (Å²) in [4.78, 5) is 11.9. The van der Waals surface area contributed by atoms with Gasteiger partial charge in [-0.05, 0) is 54.8 Å². The molecule has 2 aromatic carbocycles. The topological polar surface area (TPSA) is 69.6 Å². The first-order valence-corrected chi connectivity index (χ1v) is 6.52. The van der Waals surface area contributed by atoms with Crippen molar-refractivity contribution in [1.29, 1.82) is 0 Å². The van der Waals surface area contributed by atoms with Crippen LogP contribution in [0.15, 0.2) is 36.4 Å². The number of phenolic OH excluding ortho intramolecular Hbond substituents is 2. The average Bonchev–Trinajstić information content (AvgIpc) is 2.43. The zero-order chi connectivity index (χ0) is 15.4. The van der Waals surface area contributed by atoms with E-state index < -0.39 is 5.91 Å². The Morgan fingerprint density at radius 2 is 1.95 bits per heavy atom. The molecule has 0 spiro atoms. The predicted octanol–water partition coefficient (Wildman–Crippen LogP) is 2.52. The lowest BCUT2D eigenvalue weighted by molar-refractivity contribution is 0.0951. The Bertz CT molecular complexity index is 671. The van der Waals surface area contributed by atoms with Gasteiger partial charge in [-0.3, -0.25) is 4.79 Å². The van der Waals surface area contributed by atoms with Crippen molar-refractivity contribution in [2.75, 3.05) is 6.54 Å². The van der Waals surface area contributed by atoms with Gasteiger partial charge in [0.2, 0.25) is 0 Å². The van der Waals surface area contributed by atoms with Crippen molar-refractivity contribution in [3.63, 3.8) is 0 Å². The molecule has 0 bridgehead atoms. The van der Waals surface area contributed by atoms with Gasteiger partial charge in [0.25, 0.3) is 5.91 Å². The second kappa shape index (κ2) is 6.26. The summed E-state index contributed by atoms with van der Waals surface area (Å²) in [5.74, 6) is -1.04. The van der Waals surface area contributed by atoms with E-state index in [9.17, 15) is 19.4 Å². The van der Waals surface area contributed by atoms with Crippen LogP contribution in [-0.4, -0.2) is 22.7 Å². The highest BCUT2D eigenvalue weighted by atomic mass is 19.1. The SMILES string of the molecule is Cc1cc(F)ccc1CCNC(=O)c1cc(O)ccc1O. The van der Waals surface area contributed by atoms with Crippen LogP contribution < -0.4 is 5.32 Å². The molecule has 0 fully saturated rings. The number of phenols is 2. The number of aromatic hydroxyl groups is 2. The summed E-state index contributed by atoms with van der Waals surface area (Å²) in [6.45, 7) is 2.15. The summed E-state index contributed by atoms with van der Waals surface area (Å²) in [7, 11) is 0. The minimum Gasteiger partial charge on any atom is -0.508 e. The third kappa shape index (κ3) is 3.72. The molecule has 21 heavy (non-hydrogen) atoms. The standard InChI is InChI=1S/C16H16FNO3/c1-10-8-12(17)3-2-11(10)6-7-18-16(21)14-9-13(19)4-5-15(14)20/h2-5,8-9,19-20H,6-7H2,1H3,(H,18,21). The fourth-order valence-corrected chi connectivity index (χ4v) is 2.05. The van der Waals surface area contributed by atoms with E-state index in [0.717, 1.165) is 11.1 Å². The Morgan fingerprint density at radius 1 is 1.19 bits per heavy atom. The third-order valence-corrected chi connectivity index (χ3v) is 3.21. The normalized spacial score (nSPS) is 10.4. The molecule has 3 N–H and O–H groups in total. The number of nitrogens with one attached hydrogen (secondary N) is 1. The summed E-state index contributed by atoms with van der Waals surface area (Å²) in [5, 5.41) is 21.6. The maximum Gasteiger partial charge on any atom is 0.255 e. The number of rotatable bonds is 4. The second-order valence-corrected chi connectivity index (χ2v) is 4.78. The first-order valence-electron chi connectivity index (χ1n) is 6.52. The summed E-state index contributed by atoms with van der Waals surface area (Å²) < 4.78 is 13.0. The molecule has 0 aliphatic heterocycles. The highest BCUT2D eigenvalue weighted by Crippen LogP contribution is 2.21. The molecule has 2 rings (SSSR count). The molecule has 0 atom stereocenters. The van der Waals surface area contributed by atoms with Crippen molar-refractivity contribution in [2.45, 2.75) is 13.3 Å². The minimum absolute atomic E-state index is 0.0193. The lowest BCUT2D eigenvalue weighted by Crippen LogP contribution is -2.25. The highest BCUT2D eigenvalue weighted by molar-refractivity contribution is 5.97. The number of benzene rings is 2. The van der Waals surface area contributed by atoms with Crippen molar-refractivity contribution in [3.05, 3.63) is 58.9 Å². The van der Waals surface area contributed by atoms with Gasteiger partial charge in [-0.2, -0.15) is 0 Å². The zero-order valence-electron chi connectivity index (χ0n) is 11.6. The smallest absolute Gasteiger partial charge is 0.255 e. The van der Waals surface area contributed by atoms with Gasteiger partial charge in [-0.15, -0.1) is 0 Å². The zero-order valence-corrected chi connectivity index (χ0v) is 11.6. The van der Waals surface area contributed by atoms with Crippen LogP contribution in [0.4, 0.5) is 4.39 Å². The van der Waals surface area contributed by atoms with E-state index in [1.807, 2.05) is 0 Å². The summed E-state index contributed by atoms with van der Waals surface area (Å²) in [5.41, 5.74) is 1.78. The van der Waals surface area contributed by atoms with Gasteiger partial charge in [0.1, 0.15) is 17.3 Å². The molecule has 0 saturated carbocycles. The van der Waals surface area contributed by atoms with Crippen LogP contribution in [0.25, 0.3) is 0 Å². The summed E-state index contributed by atoms with van der Waals surface area (Å²) >= 11 is 0. The molecule has 0 unspecified atom stereocenters. The maximum atomic E-state index is 13.0. The molecule has 5 heteroatoms. The first kappa shape index (κ1) is 14.8. The number of amides is 1. The van der Waals surface area contributed by atoms with Crippen LogP contribution >= 0.6 is 0 Å². The van der Waals surface area contributed by atoms with Gasteiger partial charge in [0, 0.05) is 6.54 Å². The van der Waals surface area contributed by atoms with Crippen molar-refractivity contribution in [3.8, 4) is 11.5 Å². The molecule has 0 heterocycles. The predicted molar refractivity (Wildman–Crippen MR) is 76.9 cm³/mol. The summed E-state index contributed by atoms with van der Waals surface area (Å²) in [6, 6.07) is 8.27. The second-order valence-electron chi connectivity index (χ2n) is 4.78. The van der Waals surface area contributed by atoms with Gasteiger partial charge < -0.3 is 15.5 Å². The number of halogens is 1. The lowest BCUT2D eigenvalue weighted by Gasteiger charge is -2.09. The average molecular weight is 289 g/mol. The first-order chi connectivity index (χ1) is 9.97. The molecule has 0 aromatic heterocycles. The Morgan fingerprint density at radius 3 is 2.67 bits per heavy atom. The Balaban J connectivity index is 1.97. The van der Waals surface area contributed by atoms with Gasteiger partial charge >= 0.3 is 0 Å². The van der Waals surface area contributed by atoms with Crippen molar-refractivity contribution in [1.82, 2.24) is 5.32 Å². The number of hydrogen-bond acceptors (Lipinski definition) is 3. The lowest BCUT2D eigenvalue weighted by atomic mass is 10.1. The molecule has 2 aromatic rings. The maximum absolute atomic E-state index is 13.0. The molecular weight excluding hydrogens is 273 g/mol. The van der Waals surface area contributed by atoms with Crippen LogP contribution in [-0.2, 0) is 6.42 Å². The van der Waals surface area contributed by atoms with Gasteiger partial charge in [0.05, 0.1) is 5.56 Å². The largest absolute Gasteiger partial charge is 0.508 e. The molecule has 0 saturated heterocycles.